The number of esters is 1. The van der Waals surface area contributed by atoms with Gasteiger partial charge in [-0.05, 0) is 24.3 Å². The van der Waals surface area contributed by atoms with Gasteiger partial charge in [0.05, 0.1) is 0 Å². The molecule has 0 fully saturated rings. The van der Waals surface area contributed by atoms with Crippen LogP contribution in [0.2, 0.25) is 0 Å². The third-order valence-corrected chi connectivity index (χ3v) is 3.08. The predicted octanol–water partition coefficient (Wildman–Crippen LogP) is 2.88. The molecule has 2 aromatic rings. The molecule has 0 amide bonds. The molecule has 7 heteroatoms. The fourth-order valence-electron chi connectivity index (χ4n) is 1.88. The maximum atomic E-state index is 11.9. The van der Waals surface area contributed by atoms with Crippen molar-refractivity contribution in [3.8, 4) is 11.5 Å². The third kappa shape index (κ3) is 4.61. The molecule has 128 valence electrons. The number of benzene rings is 2. The Hall–Kier alpha value is -3.74. The normalized spacial score (nSPS) is 11.8. The number of carboxylic acid groups (broad SMARTS) is 1. The lowest BCUT2D eigenvalue weighted by Crippen LogP contribution is -2.13. The molecule has 7 nitrogen and oxygen atoms in total. The van der Waals surface area contributed by atoms with Crippen LogP contribution in [0.1, 0.15) is 11.1 Å². The van der Waals surface area contributed by atoms with E-state index in [1.54, 1.807) is 18.2 Å². The molecule has 0 aliphatic carbocycles. The Morgan fingerprint density at radius 3 is 2.28 bits per heavy atom. The highest BCUT2D eigenvalue weighted by Gasteiger charge is 2.18. The molecule has 0 heterocycles. The van der Waals surface area contributed by atoms with Crippen molar-refractivity contribution < 1.29 is 34.8 Å². The van der Waals surface area contributed by atoms with E-state index in [1.807, 2.05) is 0 Å². The molecule has 0 radical (unpaired) electrons. The Balaban J connectivity index is 2.23. The summed E-state index contributed by atoms with van der Waals surface area (Å²) in [5.41, 5.74) is 0.330. The smallest absolute Gasteiger partial charge is 0.382 e. The fourth-order valence-corrected chi connectivity index (χ4v) is 1.88. The third-order valence-electron chi connectivity index (χ3n) is 3.08. The van der Waals surface area contributed by atoms with Gasteiger partial charge in [-0.3, -0.25) is 0 Å². The number of aliphatic hydroxyl groups is 2. The zero-order chi connectivity index (χ0) is 18.4. The SMILES string of the molecule is O=C(O)C=Cc1cc(OC(=O)C(O)=C(O)c2ccccc2)ccc1O. The van der Waals surface area contributed by atoms with Crippen molar-refractivity contribution in [3.63, 3.8) is 0 Å². The van der Waals surface area contributed by atoms with Crippen molar-refractivity contribution in [2.45, 2.75) is 0 Å². The lowest BCUT2D eigenvalue weighted by atomic mass is 10.1. The molecule has 25 heavy (non-hydrogen) atoms. The van der Waals surface area contributed by atoms with Gasteiger partial charge in [-0.2, -0.15) is 0 Å². The number of hydrogen-bond donors (Lipinski definition) is 4. The van der Waals surface area contributed by atoms with Crippen LogP contribution < -0.4 is 4.74 Å². The van der Waals surface area contributed by atoms with Crippen LogP contribution in [0.3, 0.4) is 0 Å². The van der Waals surface area contributed by atoms with Crippen molar-refractivity contribution in [1.82, 2.24) is 0 Å². The van der Waals surface area contributed by atoms with E-state index >= 15 is 0 Å². The molecule has 0 aliphatic heterocycles. The van der Waals surface area contributed by atoms with Crippen LogP contribution >= 0.6 is 0 Å². The van der Waals surface area contributed by atoms with Crippen LogP contribution in [0.4, 0.5) is 0 Å². The van der Waals surface area contributed by atoms with Gasteiger partial charge in [0.25, 0.3) is 0 Å². The highest BCUT2D eigenvalue weighted by atomic mass is 16.5. The summed E-state index contributed by atoms with van der Waals surface area (Å²) in [7, 11) is 0. The van der Waals surface area contributed by atoms with E-state index in [-0.39, 0.29) is 22.6 Å². The number of phenols is 1. The summed E-state index contributed by atoms with van der Waals surface area (Å²) >= 11 is 0. The van der Waals surface area contributed by atoms with Crippen molar-refractivity contribution >= 4 is 23.8 Å². The van der Waals surface area contributed by atoms with Crippen LogP contribution in [0.5, 0.6) is 11.5 Å². The number of rotatable bonds is 5. The summed E-state index contributed by atoms with van der Waals surface area (Å²) in [4.78, 5) is 22.4. The lowest BCUT2D eigenvalue weighted by molar-refractivity contribution is -0.133. The van der Waals surface area contributed by atoms with Crippen LogP contribution in [0.25, 0.3) is 11.8 Å². The van der Waals surface area contributed by atoms with Crippen LogP contribution in [-0.4, -0.2) is 32.4 Å². The molecule has 4 N–H and O–H groups in total. The summed E-state index contributed by atoms with van der Waals surface area (Å²) in [5, 5.41) is 38.0. The van der Waals surface area contributed by atoms with Gasteiger partial charge in [0, 0.05) is 17.2 Å². The Kier molecular flexibility index (Phi) is 5.42. The first kappa shape index (κ1) is 17.6. The zero-order valence-corrected chi connectivity index (χ0v) is 12.8. The quantitative estimate of drug-likeness (QED) is 0.285. The number of aromatic hydroxyl groups is 1. The van der Waals surface area contributed by atoms with Gasteiger partial charge in [0.2, 0.25) is 5.76 Å². The molecule has 0 saturated heterocycles. The molecule has 0 atom stereocenters. The van der Waals surface area contributed by atoms with Gasteiger partial charge in [-0.1, -0.05) is 30.3 Å². The van der Waals surface area contributed by atoms with Crippen molar-refractivity contribution in [2.24, 2.45) is 0 Å². The summed E-state index contributed by atoms with van der Waals surface area (Å²) in [6.45, 7) is 0. The molecule has 0 bridgehead atoms. The molecule has 0 saturated carbocycles. The number of carbonyl (C=O) groups excluding carboxylic acids is 1. The summed E-state index contributed by atoms with van der Waals surface area (Å²) in [5.74, 6) is -4.32. The molecule has 0 aromatic heterocycles. The van der Waals surface area contributed by atoms with E-state index < -0.39 is 23.5 Å². The van der Waals surface area contributed by atoms with Gasteiger partial charge in [0.1, 0.15) is 11.5 Å². The fraction of sp³-hybridized carbons (Fsp3) is 0. The minimum absolute atomic E-state index is 0.0553. The number of ether oxygens (including phenoxy) is 1. The van der Waals surface area contributed by atoms with Gasteiger partial charge >= 0.3 is 11.9 Å². The van der Waals surface area contributed by atoms with Crippen LogP contribution in [0, 0.1) is 0 Å². The number of phenolic OH excluding ortho intramolecular Hbond substituents is 1. The Labute approximate surface area is 142 Å². The lowest BCUT2D eigenvalue weighted by Gasteiger charge is -2.07. The second kappa shape index (κ2) is 7.69. The summed E-state index contributed by atoms with van der Waals surface area (Å²) < 4.78 is 4.92. The topological polar surface area (TPSA) is 124 Å². The van der Waals surface area contributed by atoms with Crippen LogP contribution in [-0.2, 0) is 9.59 Å². The average molecular weight is 342 g/mol. The Bertz CT molecular complexity index is 851. The number of carboxylic acids is 1. The second-order valence-electron chi connectivity index (χ2n) is 4.84. The molecular formula is C18H14O7. The number of aliphatic hydroxyl groups excluding tert-OH is 2. The van der Waals surface area contributed by atoms with Crippen LogP contribution in [0.15, 0.2) is 60.4 Å². The maximum Gasteiger partial charge on any atom is 0.382 e. The molecule has 2 rings (SSSR count). The van der Waals surface area contributed by atoms with E-state index in [0.29, 0.717) is 0 Å². The standard InChI is InChI=1S/C18H14O7/c19-14-8-7-13(10-12(14)6-9-15(20)21)25-18(24)17(23)16(22)11-4-2-1-3-5-11/h1-10,19,22-23H,(H,20,21). The average Bonchev–Trinajstić information content (AvgIpc) is 2.61. The maximum absolute atomic E-state index is 11.9. The summed E-state index contributed by atoms with van der Waals surface area (Å²) in [6, 6.07) is 11.6. The number of carbonyl (C=O) groups is 2. The highest BCUT2D eigenvalue weighted by Crippen LogP contribution is 2.25. The monoisotopic (exact) mass is 342 g/mol. The van der Waals surface area contributed by atoms with E-state index in [2.05, 4.69) is 0 Å². The minimum atomic E-state index is -1.21. The summed E-state index contributed by atoms with van der Waals surface area (Å²) in [6.07, 6.45) is 1.92. The largest absolute Gasteiger partial charge is 0.507 e. The first-order chi connectivity index (χ1) is 11.9. The highest BCUT2D eigenvalue weighted by molar-refractivity contribution is 5.94. The molecular weight excluding hydrogens is 328 g/mol. The molecule has 2 aromatic carbocycles. The first-order valence-electron chi connectivity index (χ1n) is 7.02. The van der Waals surface area contributed by atoms with Gasteiger partial charge in [-0.15, -0.1) is 0 Å². The Morgan fingerprint density at radius 2 is 1.64 bits per heavy atom. The number of hydrogen-bond acceptors (Lipinski definition) is 6. The van der Waals surface area contributed by atoms with Gasteiger partial charge in [-0.25, -0.2) is 9.59 Å². The van der Waals surface area contributed by atoms with E-state index in [0.717, 1.165) is 12.2 Å². The molecule has 0 unspecified atom stereocenters. The minimum Gasteiger partial charge on any atom is -0.507 e. The predicted molar refractivity (Wildman–Crippen MR) is 89.0 cm³/mol. The second-order valence-corrected chi connectivity index (χ2v) is 4.84. The molecule has 0 spiro atoms. The Morgan fingerprint density at radius 1 is 0.960 bits per heavy atom. The van der Waals surface area contributed by atoms with E-state index in [4.69, 9.17) is 9.84 Å². The molecule has 0 aliphatic rings. The van der Waals surface area contributed by atoms with Crippen molar-refractivity contribution in [3.05, 3.63) is 71.5 Å². The van der Waals surface area contributed by atoms with Crippen molar-refractivity contribution in [2.75, 3.05) is 0 Å². The number of aliphatic carboxylic acids is 1. The van der Waals surface area contributed by atoms with Gasteiger partial charge < -0.3 is 25.2 Å². The van der Waals surface area contributed by atoms with Gasteiger partial charge in [0.15, 0.2) is 5.76 Å². The van der Waals surface area contributed by atoms with E-state index in [1.165, 1.54) is 30.3 Å². The van der Waals surface area contributed by atoms with Crippen molar-refractivity contribution in [1.29, 1.82) is 0 Å². The van der Waals surface area contributed by atoms with E-state index in [9.17, 15) is 24.9 Å². The first-order valence-corrected chi connectivity index (χ1v) is 7.02. The zero-order valence-electron chi connectivity index (χ0n) is 12.8.